The molecule has 2 rings (SSSR count). The first kappa shape index (κ1) is 14.6. The second-order valence-electron chi connectivity index (χ2n) is 4.72. The van der Waals surface area contributed by atoms with E-state index in [1.54, 1.807) is 18.2 Å². The van der Waals surface area contributed by atoms with Gasteiger partial charge in [0.25, 0.3) is 0 Å². The molecule has 4 nitrogen and oxygen atoms in total. The Morgan fingerprint density at radius 2 is 2.21 bits per heavy atom. The lowest BCUT2D eigenvalue weighted by Gasteiger charge is -2.26. The number of urea groups is 1. The average molecular weight is 348 g/mol. The molecular formula is C13H16BrClN2O2. The van der Waals surface area contributed by atoms with Crippen LogP contribution in [0, 0.1) is 0 Å². The van der Waals surface area contributed by atoms with Crippen LogP contribution in [0.2, 0.25) is 5.02 Å². The molecule has 1 aliphatic carbocycles. The summed E-state index contributed by atoms with van der Waals surface area (Å²) in [7, 11) is 0. The van der Waals surface area contributed by atoms with Crippen molar-refractivity contribution in [1.29, 1.82) is 0 Å². The number of amides is 2. The summed E-state index contributed by atoms with van der Waals surface area (Å²) in [6, 6.07) is 5.04. The number of hydrogen-bond donors (Lipinski definition) is 3. The van der Waals surface area contributed by atoms with Crippen molar-refractivity contribution in [2.24, 2.45) is 0 Å². The number of benzene rings is 1. The van der Waals surface area contributed by atoms with Crippen molar-refractivity contribution in [2.75, 3.05) is 5.32 Å². The lowest BCUT2D eigenvalue weighted by atomic mass is 9.93. The molecule has 0 radical (unpaired) electrons. The van der Waals surface area contributed by atoms with Crippen LogP contribution in [0.5, 0.6) is 0 Å². The Kier molecular flexibility index (Phi) is 5.07. The van der Waals surface area contributed by atoms with Gasteiger partial charge in [-0.15, -0.1) is 0 Å². The molecule has 0 heterocycles. The van der Waals surface area contributed by atoms with Crippen LogP contribution in [0.15, 0.2) is 22.7 Å². The van der Waals surface area contributed by atoms with Crippen molar-refractivity contribution < 1.29 is 9.90 Å². The maximum Gasteiger partial charge on any atom is 0.319 e. The molecule has 0 unspecified atom stereocenters. The number of anilines is 1. The Hall–Kier alpha value is -0.780. The molecule has 0 spiro atoms. The van der Waals surface area contributed by atoms with E-state index in [0.717, 1.165) is 19.3 Å². The predicted octanol–water partition coefficient (Wildman–Crippen LogP) is 3.53. The lowest BCUT2D eigenvalue weighted by molar-refractivity contribution is 0.114. The van der Waals surface area contributed by atoms with Crippen molar-refractivity contribution >= 4 is 39.2 Å². The molecule has 0 bridgehead atoms. The highest BCUT2D eigenvalue weighted by Gasteiger charge is 2.21. The van der Waals surface area contributed by atoms with Crippen LogP contribution in [0.1, 0.15) is 25.7 Å². The lowest BCUT2D eigenvalue weighted by Crippen LogP contribution is -2.41. The molecule has 0 aliphatic heterocycles. The normalized spacial score (nSPS) is 22.9. The largest absolute Gasteiger partial charge is 0.393 e. The van der Waals surface area contributed by atoms with E-state index in [-0.39, 0.29) is 18.2 Å². The van der Waals surface area contributed by atoms with Crippen LogP contribution in [-0.2, 0) is 0 Å². The van der Waals surface area contributed by atoms with Crippen LogP contribution >= 0.6 is 27.5 Å². The molecule has 1 aromatic rings. The fourth-order valence-corrected chi connectivity index (χ4v) is 2.78. The molecule has 0 aromatic heterocycles. The van der Waals surface area contributed by atoms with Gasteiger partial charge in [0.2, 0.25) is 0 Å². The van der Waals surface area contributed by atoms with E-state index in [2.05, 4.69) is 26.6 Å². The van der Waals surface area contributed by atoms with Gasteiger partial charge in [-0.25, -0.2) is 4.79 Å². The smallest absolute Gasteiger partial charge is 0.319 e. The van der Waals surface area contributed by atoms with Crippen molar-refractivity contribution in [1.82, 2.24) is 5.32 Å². The topological polar surface area (TPSA) is 61.4 Å². The summed E-state index contributed by atoms with van der Waals surface area (Å²) >= 11 is 9.29. The zero-order chi connectivity index (χ0) is 13.8. The second-order valence-corrected chi connectivity index (χ2v) is 5.92. The van der Waals surface area contributed by atoms with E-state index in [1.807, 2.05) is 0 Å². The van der Waals surface area contributed by atoms with Crippen LogP contribution in [0.4, 0.5) is 10.5 Å². The fourth-order valence-electron chi connectivity index (χ4n) is 2.24. The van der Waals surface area contributed by atoms with Gasteiger partial charge in [0.05, 0.1) is 21.3 Å². The highest BCUT2D eigenvalue weighted by molar-refractivity contribution is 9.10. The number of nitrogens with one attached hydrogen (secondary N) is 2. The number of aliphatic hydroxyl groups excluding tert-OH is 1. The third-order valence-electron chi connectivity index (χ3n) is 3.18. The Balaban J connectivity index is 1.92. The standard InChI is InChI=1S/C13H16BrClN2O2/c14-12-10(15)5-2-6-11(12)17-13(19)16-8-3-1-4-9(18)7-8/h2,5-6,8-9,18H,1,3-4,7H2,(H2,16,17,19)/t8-,9-/m1/s1. The molecule has 3 N–H and O–H groups in total. The quantitative estimate of drug-likeness (QED) is 0.766. The minimum Gasteiger partial charge on any atom is -0.393 e. The first-order valence-corrected chi connectivity index (χ1v) is 7.43. The SMILES string of the molecule is O=C(Nc1cccc(Cl)c1Br)N[C@@H]1CCC[C@@H](O)C1. The van der Waals surface area contributed by atoms with E-state index in [0.29, 0.717) is 21.6 Å². The minimum absolute atomic E-state index is 0.0294. The van der Waals surface area contributed by atoms with E-state index < -0.39 is 0 Å². The second kappa shape index (κ2) is 6.59. The zero-order valence-corrected chi connectivity index (χ0v) is 12.7. The van der Waals surface area contributed by atoms with Gasteiger partial charge in [-0.3, -0.25) is 0 Å². The van der Waals surface area contributed by atoms with Gasteiger partial charge in [-0.2, -0.15) is 0 Å². The fraction of sp³-hybridized carbons (Fsp3) is 0.462. The summed E-state index contributed by atoms with van der Waals surface area (Å²) in [4.78, 5) is 11.9. The minimum atomic E-state index is -0.308. The Morgan fingerprint density at radius 1 is 1.42 bits per heavy atom. The molecule has 104 valence electrons. The van der Waals surface area contributed by atoms with Gasteiger partial charge in [0.15, 0.2) is 0 Å². The predicted molar refractivity (Wildman–Crippen MR) is 79.6 cm³/mol. The number of carbonyl (C=O) groups excluding carboxylic acids is 1. The molecule has 19 heavy (non-hydrogen) atoms. The van der Waals surface area contributed by atoms with Gasteiger partial charge in [-0.1, -0.05) is 17.7 Å². The summed E-state index contributed by atoms with van der Waals surface area (Å²) in [6.45, 7) is 0. The van der Waals surface area contributed by atoms with E-state index in [1.165, 1.54) is 0 Å². The van der Waals surface area contributed by atoms with E-state index in [4.69, 9.17) is 11.6 Å². The molecule has 2 atom stereocenters. The molecule has 2 amide bonds. The number of carbonyl (C=O) groups is 1. The van der Waals surface area contributed by atoms with Gasteiger partial charge in [0, 0.05) is 6.04 Å². The highest BCUT2D eigenvalue weighted by atomic mass is 79.9. The van der Waals surface area contributed by atoms with Gasteiger partial charge >= 0.3 is 6.03 Å². The van der Waals surface area contributed by atoms with E-state index in [9.17, 15) is 9.90 Å². The molecule has 1 aliphatic rings. The van der Waals surface area contributed by atoms with Crippen LogP contribution in [-0.4, -0.2) is 23.3 Å². The van der Waals surface area contributed by atoms with Gasteiger partial charge < -0.3 is 15.7 Å². The first-order valence-electron chi connectivity index (χ1n) is 6.26. The Labute approximate surface area is 125 Å². The van der Waals surface area contributed by atoms with Crippen LogP contribution in [0.25, 0.3) is 0 Å². The summed E-state index contributed by atoms with van der Waals surface area (Å²) in [5.74, 6) is 0. The van der Waals surface area contributed by atoms with Crippen molar-refractivity contribution in [2.45, 2.75) is 37.8 Å². The molecule has 1 aromatic carbocycles. The van der Waals surface area contributed by atoms with Crippen LogP contribution < -0.4 is 10.6 Å². The molecule has 6 heteroatoms. The van der Waals surface area contributed by atoms with Crippen molar-refractivity contribution in [3.63, 3.8) is 0 Å². The monoisotopic (exact) mass is 346 g/mol. The number of rotatable bonds is 2. The molecule has 1 fully saturated rings. The summed E-state index contributed by atoms with van der Waals surface area (Å²) in [6.07, 6.45) is 2.97. The number of halogens is 2. The summed E-state index contributed by atoms with van der Waals surface area (Å²) in [5, 5.41) is 15.7. The van der Waals surface area contributed by atoms with Gasteiger partial charge in [0.1, 0.15) is 0 Å². The zero-order valence-electron chi connectivity index (χ0n) is 10.3. The molecule has 1 saturated carbocycles. The maximum absolute atomic E-state index is 11.9. The average Bonchev–Trinajstić information content (AvgIpc) is 2.35. The Morgan fingerprint density at radius 3 is 2.95 bits per heavy atom. The van der Waals surface area contributed by atoms with Crippen LogP contribution in [0.3, 0.4) is 0 Å². The van der Waals surface area contributed by atoms with E-state index >= 15 is 0 Å². The van der Waals surface area contributed by atoms with Crippen molar-refractivity contribution in [3.05, 3.63) is 27.7 Å². The first-order chi connectivity index (χ1) is 9.06. The maximum atomic E-state index is 11.9. The third kappa shape index (κ3) is 4.09. The summed E-state index contributed by atoms with van der Waals surface area (Å²) < 4.78 is 0.662. The van der Waals surface area contributed by atoms with Gasteiger partial charge in [-0.05, 0) is 53.7 Å². The highest BCUT2D eigenvalue weighted by Crippen LogP contribution is 2.30. The molecule has 0 saturated heterocycles. The number of hydrogen-bond acceptors (Lipinski definition) is 2. The third-order valence-corrected chi connectivity index (χ3v) is 4.58. The van der Waals surface area contributed by atoms with Crippen molar-refractivity contribution in [3.8, 4) is 0 Å². The summed E-state index contributed by atoms with van der Waals surface area (Å²) in [5.41, 5.74) is 0.626. The Bertz CT molecular complexity index is 470. The molecular weight excluding hydrogens is 332 g/mol. The number of aliphatic hydroxyl groups is 1.